The van der Waals surface area contributed by atoms with Gasteiger partial charge in [0.1, 0.15) is 0 Å². The number of anilines is 1. The number of aromatic amines is 1. The fourth-order valence-corrected chi connectivity index (χ4v) is 2.39. The Bertz CT molecular complexity index is 1020. The van der Waals surface area contributed by atoms with Gasteiger partial charge in [0.2, 0.25) is 0 Å². The second-order valence-corrected chi connectivity index (χ2v) is 5.70. The van der Waals surface area contributed by atoms with Gasteiger partial charge in [-0.1, -0.05) is 29.8 Å². The molecule has 0 bridgehead atoms. The number of carbonyl (C=O) groups excluding carboxylic acids is 2. The van der Waals surface area contributed by atoms with E-state index in [0.29, 0.717) is 23.2 Å². The van der Waals surface area contributed by atoms with E-state index in [1.54, 1.807) is 24.3 Å². The largest absolute Gasteiger partial charge is 0.451 e. The molecule has 0 aliphatic carbocycles. The molecule has 0 spiro atoms. The van der Waals surface area contributed by atoms with Crippen molar-refractivity contribution in [3.63, 3.8) is 0 Å². The number of esters is 1. The fraction of sp³-hybridized carbons (Fsp3) is 0.125. The number of nitrogens with zero attached hydrogens (tertiary/aromatic N) is 2. The molecular formula is C16H10ClF3N4O3. The number of aromatic nitrogens is 3. The van der Waals surface area contributed by atoms with Crippen LogP contribution in [-0.2, 0) is 15.7 Å². The lowest BCUT2D eigenvalue weighted by molar-refractivity contribution is -0.137. The average molecular weight is 399 g/mol. The Labute approximate surface area is 154 Å². The summed E-state index contributed by atoms with van der Waals surface area (Å²) >= 11 is 5.69. The van der Waals surface area contributed by atoms with Crippen LogP contribution in [0.1, 0.15) is 16.1 Å². The first-order valence-corrected chi connectivity index (χ1v) is 7.76. The van der Waals surface area contributed by atoms with Crippen LogP contribution in [-0.4, -0.2) is 33.7 Å². The van der Waals surface area contributed by atoms with Crippen LogP contribution in [0.25, 0.3) is 10.9 Å². The predicted molar refractivity (Wildman–Crippen MR) is 89.3 cm³/mol. The topological polar surface area (TPSA) is 97.0 Å². The van der Waals surface area contributed by atoms with Crippen molar-refractivity contribution in [2.75, 3.05) is 11.9 Å². The number of H-pyrrole nitrogens is 1. The monoisotopic (exact) mass is 398 g/mol. The Balaban J connectivity index is 1.62. The number of carbonyl (C=O) groups is 2. The maximum Gasteiger partial charge on any atom is 0.417 e. The summed E-state index contributed by atoms with van der Waals surface area (Å²) in [6.07, 6.45) is -4.08. The molecule has 3 rings (SSSR count). The van der Waals surface area contributed by atoms with Crippen molar-refractivity contribution >= 4 is 40.2 Å². The maximum atomic E-state index is 12.6. The molecule has 3 aromatic rings. The van der Waals surface area contributed by atoms with Gasteiger partial charge in [-0.2, -0.15) is 18.3 Å². The summed E-state index contributed by atoms with van der Waals surface area (Å²) in [7, 11) is 0. The Hall–Kier alpha value is -3.14. The SMILES string of the molecule is O=C(COC(=O)c1n[nH]c2ccccc12)Nc1ncc(C(F)(F)F)cc1Cl. The Morgan fingerprint density at radius 3 is 2.70 bits per heavy atom. The number of rotatable bonds is 4. The van der Waals surface area contributed by atoms with E-state index in [2.05, 4.69) is 20.5 Å². The molecule has 0 aliphatic rings. The molecule has 0 atom stereocenters. The number of benzene rings is 1. The van der Waals surface area contributed by atoms with Gasteiger partial charge >= 0.3 is 12.1 Å². The minimum absolute atomic E-state index is 0.00378. The molecule has 27 heavy (non-hydrogen) atoms. The highest BCUT2D eigenvalue weighted by Gasteiger charge is 2.31. The van der Waals surface area contributed by atoms with Crippen LogP contribution in [0.2, 0.25) is 5.02 Å². The number of nitrogens with one attached hydrogen (secondary N) is 2. The van der Waals surface area contributed by atoms with Crippen LogP contribution in [0.4, 0.5) is 19.0 Å². The average Bonchev–Trinajstić information content (AvgIpc) is 3.04. The Morgan fingerprint density at radius 2 is 2.00 bits per heavy atom. The number of alkyl halides is 3. The summed E-state index contributed by atoms with van der Waals surface area (Å²) in [6.45, 7) is -0.695. The summed E-state index contributed by atoms with van der Waals surface area (Å²) in [4.78, 5) is 27.4. The quantitative estimate of drug-likeness (QED) is 0.656. The highest BCUT2D eigenvalue weighted by molar-refractivity contribution is 6.33. The van der Waals surface area contributed by atoms with Crippen molar-refractivity contribution in [1.29, 1.82) is 0 Å². The third-order valence-electron chi connectivity index (χ3n) is 3.42. The maximum absolute atomic E-state index is 12.6. The van der Waals surface area contributed by atoms with Gasteiger partial charge in [0, 0.05) is 11.6 Å². The molecule has 2 N–H and O–H groups in total. The van der Waals surface area contributed by atoms with Gasteiger partial charge < -0.3 is 10.1 Å². The molecule has 0 saturated carbocycles. The zero-order valence-corrected chi connectivity index (χ0v) is 14.1. The molecule has 2 heterocycles. The summed E-state index contributed by atoms with van der Waals surface area (Å²) in [5, 5.41) is 8.78. The van der Waals surface area contributed by atoms with E-state index in [4.69, 9.17) is 16.3 Å². The molecule has 0 aliphatic heterocycles. The number of amides is 1. The van der Waals surface area contributed by atoms with E-state index in [1.165, 1.54) is 0 Å². The van der Waals surface area contributed by atoms with Gasteiger partial charge in [-0.25, -0.2) is 9.78 Å². The van der Waals surface area contributed by atoms with Crippen molar-refractivity contribution in [1.82, 2.24) is 15.2 Å². The Morgan fingerprint density at radius 1 is 1.26 bits per heavy atom. The van der Waals surface area contributed by atoms with Gasteiger partial charge in [-0.3, -0.25) is 9.89 Å². The van der Waals surface area contributed by atoms with Gasteiger partial charge in [-0.05, 0) is 12.1 Å². The van der Waals surface area contributed by atoms with Crippen molar-refractivity contribution in [2.24, 2.45) is 0 Å². The van der Waals surface area contributed by atoms with Crippen LogP contribution in [0.3, 0.4) is 0 Å². The van der Waals surface area contributed by atoms with Crippen LogP contribution in [0.15, 0.2) is 36.5 Å². The van der Waals surface area contributed by atoms with E-state index in [9.17, 15) is 22.8 Å². The van der Waals surface area contributed by atoms with Crippen LogP contribution >= 0.6 is 11.6 Å². The minimum Gasteiger partial charge on any atom is -0.451 e. The van der Waals surface area contributed by atoms with E-state index >= 15 is 0 Å². The number of ether oxygens (including phenoxy) is 1. The number of pyridine rings is 1. The van der Waals surface area contributed by atoms with Gasteiger partial charge in [0.05, 0.1) is 16.1 Å². The van der Waals surface area contributed by atoms with E-state index in [0.717, 1.165) is 0 Å². The third-order valence-corrected chi connectivity index (χ3v) is 3.71. The fourth-order valence-electron chi connectivity index (χ4n) is 2.17. The number of halogens is 4. The molecule has 7 nitrogen and oxygen atoms in total. The third kappa shape index (κ3) is 4.17. The van der Waals surface area contributed by atoms with Crippen LogP contribution < -0.4 is 5.32 Å². The van der Waals surface area contributed by atoms with Crippen molar-refractivity contribution < 1.29 is 27.5 Å². The van der Waals surface area contributed by atoms with Crippen LogP contribution in [0, 0.1) is 0 Å². The number of fused-ring (bicyclic) bond motifs is 1. The second-order valence-electron chi connectivity index (χ2n) is 5.29. The molecule has 1 aromatic carbocycles. The molecule has 1 amide bonds. The van der Waals surface area contributed by atoms with Gasteiger partial charge in [0.25, 0.3) is 5.91 Å². The van der Waals surface area contributed by atoms with Crippen LogP contribution in [0.5, 0.6) is 0 Å². The lowest BCUT2D eigenvalue weighted by Gasteiger charge is -2.10. The summed E-state index contributed by atoms with van der Waals surface area (Å²) in [5.74, 6) is -1.94. The lowest BCUT2D eigenvalue weighted by Crippen LogP contribution is -2.22. The smallest absolute Gasteiger partial charge is 0.417 e. The standard InChI is InChI=1S/C16H10ClF3N4O3/c17-10-5-8(16(18,19)20)6-21-14(10)22-12(25)7-27-15(26)13-9-3-1-2-4-11(9)23-24-13/h1-6H,7H2,(H,23,24)(H,21,22,25). The summed E-state index contributed by atoms with van der Waals surface area (Å²) in [5.41, 5.74) is -0.430. The summed E-state index contributed by atoms with van der Waals surface area (Å²) in [6, 6.07) is 7.46. The molecule has 140 valence electrons. The second kappa shape index (κ2) is 7.23. The van der Waals surface area contributed by atoms with Crippen molar-refractivity contribution in [3.8, 4) is 0 Å². The first-order chi connectivity index (χ1) is 12.8. The highest BCUT2D eigenvalue weighted by atomic mass is 35.5. The molecule has 0 fully saturated rings. The first kappa shape index (κ1) is 18.6. The van der Waals surface area contributed by atoms with Gasteiger partial charge in [-0.15, -0.1) is 0 Å². The summed E-state index contributed by atoms with van der Waals surface area (Å²) < 4.78 is 42.6. The van der Waals surface area contributed by atoms with E-state index < -0.39 is 35.2 Å². The molecule has 0 unspecified atom stereocenters. The van der Waals surface area contributed by atoms with Gasteiger partial charge in [0.15, 0.2) is 18.1 Å². The zero-order chi connectivity index (χ0) is 19.6. The normalized spacial score (nSPS) is 11.4. The van der Waals surface area contributed by atoms with Crippen molar-refractivity contribution in [2.45, 2.75) is 6.18 Å². The molecule has 0 radical (unpaired) electrons. The van der Waals surface area contributed by atoms with E-state index in [-0.39, 0.29) is 11.5 Å². The van der Waals surface area contributed by atoms with Crippen molar-refractivity contribution in [3.05, 3.63) is 52.8 Å². The number of hydrogen-bond acceptors (Lipinski definition) is 5. The molecule has 2 aromatic heterocycles. The predicted octanol–water partition coefficient (Wildman–Crippen LogP) is 3.43. The molecule has 0 saturated heterocycles. The molecule has 11 heteroatoms. The Kier molecular flexibility index (Phi) is 5.00. The zero-order valence-electron chi connectivity index (χ0n) is 13.3. The number of para-hydroxylation sites is 1. The highest BCUT2D eigenvalue weighted by Crippen LogP contribution is 2.32. The molecular weight excluding hydrogens is 389 g/mol. The number of hydrogen-bond donors (Lipinski definition) is 2. The van der Waals surface area contributed by atoms with E-state index in [1.807, 2.05) is 0 Å². The lowest BCUT2D eigenvalue weighted by atomic mass is 10.2. The first-order valence-electron chi connectivity index (χ1n) is 7.38. The minimum atomic E-state index is -4.61.